The molecule has 1 fully saturated rings. The van der Waals surface area contributed by atoms with Gasteiger partial charge in [-0.25, -0.2) is 0 Å². The fourth-order valence-corrected chi connectivity index (χ4v) is 2.60. The number of amides is 1. The van der Waals surface area contributed by atoms with E-state index in [0.29, 0.717) is 18.7 Å². The van der Waals surface area contributed by atoms with Crippen molar-refractivity contribution in [1.29, 1.82) is 0 Å². The number of aryl methyl sites for hydroxylation is 1. The van der Waals surface area contributed by atoms with Gasteiger partial charge >= 0.3 is 0 Å². The molecule has 1 aliphatic rings. The van der Waals surface area contributed by atoms with Gasteiger partial charge in [0.25, 0.3) is 5.91 Å². The van der Waals surface area contributed by atoms with Crippen LogP contribution in [0.25, 0.3) is 0 Å². The van der Waals surface area contributed by atoms with Crippen LogP contribution >= 0.6 is 0 Å². The third kappa shape index (κ3) is 3.28. The van der Waals surface area contributed by atoms with Crippen LogP contribution in [0.2, 0.25) is 0 Å². The summed E-state index contributed by atoms with van der Waals surface area (Å²) in [4.78, 5) is 18.7. The van der Waals surface area contributed by atoms with Crippen molar-refractivity contribution in [3.05, 3.63) is 23.5 Å². The fourth-order valence-electron chi connectivity index (χ4n) is 2.60. The van der Waals surface area contributed by atoms with E-state index in [1.807, 2.05) is 31.9 Å². The van der Waals surface area contributed by atoms with Crippen molar-refractivity contribution in [3.8, 4) is 0 Å². The van der Waals surface area contributed by atoms with Gasteiger partial charge in [0.1, 0.15) is 0 Å². The number of nitrogens with zero attached hydrogens (tertiary/aromatic N) is 2. The molecule has 2 rings (SSSR count). The Hall–Kier alpha value is -1.62. The van der Waals surface area contributed by atoms with Crippen molar-refractivity contribution in [3.63, 3.8) is 0 Å². The van der Waals surface area contributed by atoms with Crippen LogP contribution in [-0.4, -0.2) is 48.6 Å². The Morgan fingerprint density at radius 3 is 3.10 bits per heavy atom. The van der Waals surface area contributed by atoms with Crippen LogP contribution in [0.4, 0.5) is 5.69 Å². The molecule has 0 spiro atoms. The summed E-state index contributed by atoms with van der Waals surface area (Å²) >= 11 is 0. The van der Waals surface area contributed by atoms with Crippen LogP contribution in [0.1, 0.15) is 35.8 Å². The molecule has 5 nitrogen and oxygen atoms in total. The number of carbonyl (C=O) groups is 1. The Bertz CT molecular complexity index is 474. The topological polar surface area (TPSA) is 54.5 Å². The first-order chi connectivity index (χ1) is 9.65. The zero-order valence-corrected chi connectivity index (χ0v) is 12.5. The summed E-state index contributed by atoms with van der Waals surface area (Å²) in [5.41, 5.74) is 2.37. The van der Waals surface area contributed by atoms with Crippen LogP contribution in [0.3, 0.4) is 0 Å². The van der Waals surface area contributed by atoms with Gasteiger partial charge < -0.3 is 15.0 Å². The molecule has 1 N–H and O–H groups in total. The van der Waals surface area contributed by atoms with E-state index in [0.717, 1.165) is 30.8 Å². The second-order valence-electron chi connectivity index (χ2n) is 5.09. The van der Waals surface area contributed by atoms with Gasteiger partial charge in [0.15, 0.2) is 0 Å². The van der Waals surface area contributed by atoms with E-state index in [1.54, 1.807) is 6.20 Å². The number of pyridine rings is 1. The lowest BCUT2D eigenvalue weighted by Crippen LogP contribution is -2.43. The van der Waals surface area contributed by atoms with Crippen LogP contribution in [0.5, 0.6) is 0 Å². The second-order valence-corrected chi connectivity index (χ2v) is 5.09. The highest BCUT2D eigenvalue weighted by atomic mass is 16.5. The summed E-state index contributed by atoms with van der Waals surface area (Å²) in [5.74, 6) is 0.0336. The molecular weight excluding hydrogens is 254 g/mol. The Morgan fingerprint density at radius 1 is 1.60 bits per heavy atom. The summed E-state index contributed by atoms with van der Waals surface area (Å²) in [6, 6.07) is 1.90. The number of anilines is 1. The number of piperidine rings is 1. The molecule has 1 saturated heterocycles. The van der Waals surface area contributed by atoms with Crippen molar-refractivity contribution in [2.45, 2.75) is 32.8 Å². The van der Waals surface area contributed by atoms with Crippen LogP contribution < -0.4 is 5.32 Å². The highest BCUT2D eigenvalue weighted by molar-refractivity contribution is 5.99. The molecule has 0 bridgehead atoms. The van der Waals surface area contributed by atoms with E-state index in [4.69, 9.17) is 4.74 Å². The monoisotopic (exact) mass is 277 g/mol. The van der Waals surface area contributed by atoms with Crippen molar-refractivity contribution < 1.29 is 9.53 Å². The summed E-state index contributed by atoms with van der Waals surface area (Å²) in [5, 5.41) is 3.07. The average molecular weight is 277 g/mol. The molecule has 0 aromatic carbocycles. The van der Waals surface area contributed by atoms with E-state index in [9.17, 15) is 4.79 Å². The van der Waals surface area contributed by atoms with E-state index >= 15 is 0 Å². The maximum atomic E-state index is 12.6. The zero-order valence-electron chi connectivity index (χ0n) is 12.5. The molecular formula is C15H23N3O2. The summed E-state index contributed by atoms with van der Waals surface area (Å²) in [6.07, 6.45) is 3.84. The highest BCUT2D eigenvalue weighted by Crippen LogP contribution is 2.21. The Balaban J connectivity index is 2.14. The molecule has 0 radical (unpaired) electrons. The molecule has 1 amide bonds. The lowest BCUT2D eigenvalue weighted by Gasteiger charge is -2.32. The normalized spacial score (nSPS) is 18.9. The van der Waals surface area contributed by atoms with Crippen molar-refractivity contribution in [2.24, 2.45) is 0 Å². The van der Waals surface area contributed by atoms with E-state index in [1.165, 1.54) is 0 Å². The molecule has 5 heteroatoms. The molecule has 1 aromatic rings. The molecule has 1 aliphatic heterocycles. The van der Waals surface area contributed by atoms with E-state index in [-0.39, 0.29) is 12.0 Å². The number of nitrogens with one attached hydrogen (secondary N) is 1. The number of likely N-dealkylation sites (tertiary alicyclic amines) is 1. The molecule has 1 atom stereocenters. The first-order valence-corrected chi connectivity index (χ1v) is 7.21. The predicted octanol–water partition coefficient (Wildman–Crippen LogP) is 2.07. The SMILES string of the molecule is CCOC1CCCN(C(=O)c2cnc(C)cc2NC)C1. The lowest BCUT2D eigenvalue weighted by molar-refractivity contribution is 0.00726. The minimum Gasteiger partial charge on any atom is -0.387 e. The standard InChI is InChI=1S/C15H23N3O2/c1-4-20-12-6-5-7-18(10-12)15(19)13-9-17-11(2)8-14(13)16-3/h8-9,12H,4-7,10H2,1-3H3,(H,16,17). The number of aromatic nitrogens is 1. The molecule has 20 heavy (non-hydrogen) atoms. The van der Waals surface area contributed by atoms with Gasteiger partial charge in [-0.1, -0.05) is 0 Å². The van der Waals surface area contributed by atoms with Gasteiger partial charge in [0, 0.05) is 38.6 Å². The average Bonchev–Trinajstić information content (AvgIpc) is 2.47. The first kappa shape index (κ1) is 14.8. The minimum atomic E-state index is 0.0336. The Morgan fingerprint density at radius 2 is 2.40 bits per heavy atom. The number of hydrogen-bond donors (Lipinski definition) is 1. The smallest absolute Gasteiger partial charge is 0.257 e. The maximum Gasteiger partial charge on any atom is 0.257 e. The fraction of sp³-hybridized carbons (Fsp3) is 0.600. The summed E-state index contributed by atoms with van der Waals surface area (Å²) in [7, 11) is 1.82. The first-order valence-electron chi connectivity index (χ1n) is 7.21. The number of hydrogen-bond acceptors (Lipinski definition) is 4. The maximum absolute atomic E-state index is 12.6. The van der Waals surface area contributed by atoms with Crippen LogP contribution in [0.15, 0.2) is 12.3 Å². The third-order valence-electron chi connectivity index (χ3n) is 3.61. The Kier molecular flexibility index (Phi) is 4.95. The predicted molar refractivity (Wildman–Crippen MR) is 79.1 cm³/mol. The van der Waals surface area contributed by atoms with Gasteiger partial charge in [0.05, 0.1) is 17.4 Å². The van der Waals surface area contributed by atoms with Gasteiger partial charge in [0.2, 0.25) is 0 Å². The van der Waals surface area contributed by atoms with Gasteiger partial charge in [-0.3, -0.25) is 9.78 Å². The molecule has 0 aliphatic carbocycles. The molecule has 1 unspecified atom stereocenters. The second kappa shape index (κ2) is 6.70. The number of ether oxygens (including phenoxy) is 1. The van der Waals surface area contributed by atoms with Gasteiger partial charge in [-0.05, 0) is 32.8 Å². The number of carbonyl (C=O) groups excluding carboxylic acids is 1. The summed E-state index contributed by atoms with van der Waals surface area (Å²) < 4.78 is 5.65. The van der Waals surface area contributed by atoms with Crippen LogP contribution in [0, 0.1) is 6.92 Å². The zero-order chi connectivity index (χ0) is 14.5. The third-order valence-corrected chi connectivity index (χ3v) is 3.61. The molecule has 110 valence electrons. The van der Waals surface area contributed by atoms with Crippen molar-refractivity contribution in [1.82, 2.24) is 9.88 Å². The quantitative estimate of drug-likeness (QED) is 0.915. The van der Waals surface area contributed by atoms with Gasteiger partial charge in [-0.2, -0.15) is 0 Å². The minimum absolute atomic E-state index is 0.0336. The van der Waals surface area contributed by atoms with Crippen molar-refractivity contribution in [2.75, 3.05) is 32.1 Å². The molecule has 2 heterocycles. The number of rotatable bonds is 4. The molecule has 0 saturated carbocycles. The van der Waals surface area contributed by atoms with Gasteiger partial charge in [-0.15, -0.1) is 0 Å². The highest BCUT2D eigenvalue weighted by Gasteiger charge is 2.26. The van der Waals surface area contributed by atoms with Crippen molar-refractivity contribution >= 4 is 11.6 Å². The lowest BCUT2D eigenvalue weighted by atomic mass is 10.1. The Labute approximate surface area is 120 Å². The largest absolute Gasteiger partial charge is 0.387 e. The molecule has 1 aromatic heterocycles. The summed E-state index contributed by atoms with van der Waals surface area (Å²) in [6.45, 7) is 6.06. The van der Waals surface area contributed by atoms with Crippen LogP contribution in [-0.2, 0) is 4.74 Å². The van der Waals surface area contributed by atoms with E-state index in [2.05, 4.69) is 10.3 Å². The van der Waals surface area contributed by atoms with E-state index < -0.39 is 0 Å².